The van der Waals surface area contributed by atoms with Crippen molar-refractivity contribution < 1.29 is 9.90 Å². The molecule has 1 saturated heterocycles. The van der Waals surface area contributed by atoms with Crippen molar-refractivity contribution in [2.24, 2.45) is 0 Å². The van der Waals surface area contributed by atoms with Crippen molar-refractivity contribution in [3.63, 3.8) is 0 Å². The highest BCUT2D eigenvalue weighted by molar-refractivity contribution is 5.82. The third-order valence-electron chi connectivity index (χ3n) is 3.72. The number of nitrogens with zero attached hydrogens (tertiary/aromatic N) is 2. The van der Waals surface area contributed by atoms with Crippen molar-refractivity contribution in [3.8, 4) is 0 Å². The molecule has 1 aliphatic heterocycles. The van der Waals surface area contributed by atoms with Crippen molar-refractivity contribution in [3.05, 3.63) is 35.9 Å². The van der Waals surface area contributed by atoms with Gasteiger partial charge in [0.1, 0.15) is 0 Å². The summed E-state index contributed by atoms with van der Waals surface area (Å²) in [6.07, 6.45) is 0.519. The minimum absolute atomic E-state index is 0.275. The number of hydrogen-bond donors (Lipinski definition) is 1. The number of aliphatic hydroxyl groups is 1. The topological polar surface area (TPSA) is 43.8 Å². The molecule has 1 aromatic rings. The summed E-state index contributed by atoms with van der Waals surface area (Å²) in [6, 6.07) is 9.91. The fraction of sp³-hybridized carbons (Fsp3) is 0.588. The molecule has 0 atom stereocenters. The maximum absolute atomic E-state index is 12.1. The van der Waals surface area contributed by atoms with Gasteiger partial charge in [0.25, 0.3) is 0 Å². The monoisotopic (exact) mass is 290 g/mol. The van der Waals surface area contributed by atoms with E-state index < -0.39 is 5.60 Å². The fourth-order valence-corrected chi connectivity index (χ4v) is 2.78. The molecule has 1 fully saturated rings. The maximum atomic E-state index is 12.1. The normalized spacial score (nSPS) is 17.9. The van der Waals surface area contributed by atoms with Crippen LogP contribution in [0.25, 0.3) is 0 Å². The molecule has 0 aromatic heterocycles. The number of β-amino-alcohol motifs (C(OH)–C–C–N with tert-alkyl or cyclic N) is 1. The Morgan fingerprint density at radius 3 is 2.24 bits per heavy atom. The Morgan fingerprint density at radius 2 is 1.67 bits per heavy atom. The third-order valence-corrected chi connectivity index (χ3v) is 3.72. The Bertz CT molecular complexity index is 446. The van der Waals surface area contributed by atoms with Crippen LogP contribution in [0.4, 0.5) is 0 Å². The minimum Gasteiger partial charge on any atom is -0.389 e. The number of piperazine rings is 1. The molecule has 4 heteroatoms. The Labute approximate surface area is 127 Å². The molecule has 21 heavy (non-hydrogen) atoms. The van der Waals surface area contributed by atoms with Crippen molar-refractivity contribution in [1.82, 2.24) is 9.80 Å². The van der Waals surface area contributed by atoms with E-state index in [2.05, 4.69) is 9.80 Å². The predicted molar refractivity (Wildman–Crippen MR) is 84.3 cm³/mol. The molecule has 1 aliphatic rings. The Hall–Kier alpha value is -1.23. The highest BCUT2D eigenvalue weighted by Crippen LogP contribution is 2.09. The van der Waals surface area contributed by atoms with Gasteiger partial charge in [-0.3, -0.25) is 14.6 Å². The van der Waals surface area contributed by atoms with Crippen LogP contribution in [-0.4, -0.2) is 65.6 Å². The summed E-state index contributed by atoms with van der Waals surface area (Å²) in [6.45, 7) is 8.54. The first-order valence-electron chi connectivity index (χ1n) is 7.65. The van der Waals surface area contributed by atoms with Crippen LogP contribution in [0.2, 0.25) is 0 Å². The van der Waals surface area contributed by atoms with Gasteiger partial charge >= 0.3 is 0 Å². The second kappa shape index (κ2) is 7.16. The lowest BCUT2D eigenvalue weighted by Crippen LogP contribution is -2.51. The zero-order valence-corrected chi connectivity index (χ0v) is 13.1. The molecular formula is C17H26N2O2. The second-order valence-electron chi connectivity index (χ2n) is 6.57. The summed E-state index contributed by atoms with van der Waals surface area (Å²) in [5.74, 6) is 0.275. The van der Waals surface area contributed by atoms with Gasteiger partial charge in [0.05, 0.1) is 12.1 Å². The lowest BCUT2D eigenvalue weighted by molar-refractivity contribution is -0.120. The molecule has 0 aliphatic carbocycles. The average molecular weight is 290 g/mol. The number of Topliss-reactive ketones (excluding diaryl/α,β-unsaturated/α-hetero) is 1. The van der Waals surface area contributed by atoms with Crippen LogP contribution >= 0.6 is 0 Å². The smallest absolute Gasteiger partial charge is 0.151 e. The van der Waals surface area contributed by atoms with Crippen LogP contribution in [0, 0.1) is 0 Å². The van der Waals surface area contributed by atoms with E-state index in [4.69, 9.17) is 0 Å². The van der Waals surface area contributed by atoms with E-state index in [1.54, 1.807) is 0 Å². The number of benzene rings is 1. The molecule has 4 nitrogen and oxygen atoms in total. The summed E-state index contributed by atoms with van der Waals surface area (Å²) in [4.78, 5) is 16.6. The number of hydrogen-bond acceptors (Lipinski definition) is 4. The number of carbonyl (C=O) groups is 1. The van der Waals surface area contributed by atoms with Crippen LogP contribution < -0.4 is 0 Å². The molecule has 1 heterocycles. The van der Waals surface area contributed by atoms with Crippen molar-refractivity contribution in [2.45, 2.75) is 25.9 Å². The molecule has 0 bridgehead atoms. The van der Waals surface area contributed by atoms with Crippen molar-refractivity contribution in [2.75, 3.05) is 39.3 Å². The summed E-state index contributed by atoms with van der Waals surface area (Å²) in [7, 11) is 0. The third kappa shape index (κ3) is 5.96. The van der Waals surface area contributed by atoms with Gasteiger partial charge in [-0.2, -0.15) is 0 Å². The first kappa shape index (κ1) is 16.1. The SMILES string of the molecule is CC(C)(O)CN1CCN(CC(=O)Cc2ccccc2)CC1. The molecule has 1 aromatic carbocycles. The van der Waals surface area contributed by atoms with E-state index in [1.807, 2.05) is 44.2 Å². The highest BCUT2D eigenvalue weighted by Gasteiger charge is 2.23. The van der Waals surface area contributed by atoms with E-state index in [9.17, 15) is 9.90 Å². The first-order valence-corrected chi connectivity index (χ1v) is 7.65. The second-order valence-corrected chi connectivity index (χ2v) is 6.57. The van der Waals surface area contributed by atoms with Gasteiger partial charge in [0.15, 0.2) is 5.78 Å². The Kier molecular flexibility index (Phi) is 5.51. The van der Waals surface area contributed by atoms with Crippen LogP contribution in [0.5, 0.6) is 0 Å². The van der Waals surface area contributed by atoms with E-state index in [0.29, 0.717) is 19.5 Å². The molecular weight excluding hydrogens is 264 g/mol. The summed E-state index contributed by atoms with van der Waals surface area (Å²) in [5.41, 5.74) is 0.439. The van der Waals surface area contributed by atoms with Crippen molar-refractivity contribution >= 4 is 5.78 Å². The average Bonchev–Trinajstić information content (AvgIpc) is 2.40. The first-order chi connectivity index (χ1) is 9.92. The van der Waals surface area contributed by atoms with E-state index in [1.165, 1.54) is 0 Å². The molecule has 0 amide bonds. The largest absolute Gasteiger partial charge is 0.389 e. The van der Waals surface area contributed by atoms with Gasteiger partial charge in [0.2, 0.25) is 0 Å². The number of carbonyl (C=O) groups excluding carboxylic acids is 1. The fourth-order valence-electron chi connectivity index (χ4n) is 2.78. The van der Waals surface area contributed by atoms with Crippen LogP contribution in [0.1, 0.15) is 19.4 Å². The Morgan fingerprint density at radius 1 is 1.10 bits per heavy atom. The zero-order chi connectivity index (χ0) is 15.3. The maximum Gasteiger partial charge on any atom is 0.151 e. The molecule has 0 spiro atoms. The molecule has 1 N–H and O–H groups in total. The van der Waals surface area contributed by atoms with Crippen LogP contribution in [-0.2, 0) is 11.2 Å². The van der Waals surface area contributed by atoms with E-state index in [0.717, 1.165) is 31.7 Å². The molecule has 2 rings (SSSR count). The van der Waals surface area contributed by atoms with Gasteiger partial charge in [0, 0.05) is 39.1 Å². The standard InChI is InChI=1S/C17H26N2O2/c1-17(2,21)14-19-10-8-18(9-11-19)13-16(20)12-15-6-4-3-5-7-15/h3-7,21H,8-14H2,1-2H3. The van der Waals surface area contributed by atoms with E-state index in [-0.39, 0.29) is 5.78 Å². The quantitative estimate of drug-likeness (QED) is 0.854. The van der Waals surface area contributed by atoms with Gasteiger partial charge in [-0.1, -0.05) is 30.3 Å². The summed E-state index contributed by atoms with van der Waals surface area (Å²) < 4.78 is 0. The van der Waals surface area contributed by atoms with Crippen molar-refractivity contribution in [1.29, 1.82) is 0 Å². The molecule has 0 saturated carbocycles. The van der Waals surface area contributed by atoms with Crippen LogP contribution in [0.3, 0.4) is 0 Å². The van der Waals surface area contributed by atoms with E-state index >= 15 is 0 Å². The minimum atomic E-state index is -0.648. The lowest BCUT2D eigenvalue weighted by Gasteiger charge is -2.37. The van der Waals surface area contributed by atoms with Gasteiger partial charge < -0.3 is 5.11 Å². The lowest BCUT2D eigenvalue weighted by atomic mass is 10.1. The highest BCUT2D eigenvalue weighted by atomic mass is 16.3. The van der Waals surface area contributed by atoms with Gasteiger partial charge in [-0.05, 0) is 19.4 Å². The summed E-state index contributed by atoms with van der Waals surface area (Å²) in [5, 5.41) is 9.84. The van der Waals surface area contributed by atoms with Gasteiger partial charge in [-0.25, -0.2) is 0 Å². The molecule has 0 radical (unpaired) electrons. The summed E-state index contributed by atoms with van der Waals surface area (Å²) >= 11 is 0. The molecule has 0 unspecified atom stereocenters. The van der Waals surface area contributed by atoms with Gasteiger partial charge in [-0.15, -0.1) is 0 Å². The Balaban J connectivity index is 1.72. The number of ketones is 1. The van der Waals surface area contributed by atoms with Crippen LogP contribution in [0.15, 0.2) is 30.3 Å². The predicted octanol–water partition coefficient (Wildman–Crippen LogP) is 1.19. The number of rotatable bonds is 6. The molecule has 116 valence electrons. The zero-order valence-electron chi connectivity index (χ0n) is 13.1.